The summed E-state index contributed by atoms with van der Waals surface area (Å²) in [6.07, 6.45) is 8.39. The van der Waals surface area contributed by atoms with Crippen molar-refractivity contribution in [3.05, 3.63) is 53.2 Å². The largest absolute Gasteiger partial charge is 0.302 e. The van der Waals surface area contributed by atoms with Crippen LogP contribution in [-0.2, 0) is 11.2 Å². The number of rotatable bonds is 6. The number of fused-ring (bicyclic) bond motifs is 1. The first-order chi connectivity index (χ1) is 12.0. The monoisotopic (exact) mass is 336 g/mol. The molecule has 3 rings (SSSR count). The van der Waals surface area contributed by atoms with Crippen molar-refractivity contribution in [1.82, 2.24) is 10.9 Å². The van der Waals surface area contributed by atoms with Crippen molar-refractivity contribution in [2.45, 2.75) is 52.9 Å². The van der Waals surface area contributed by atoms with Crippen LogP contribution in [0.2, 0.25) is 0 Å². The molecule has 0 atom stereocenters. The Kier molecular flexibility index (Phi) is 5.12. The second-order valence-corrected chi connectivity index (χ2v) is 7.48. The number of benzene rings is 2. The van der Waals surface area contributed by atoms with Crippen LogP contribution in [0.25, 0.3) is 16.8 Å². The Morgan fingerprint density at radius 3 is 2.60 bits per heavy atom. The molecule has 1 amide bonds. The molecule has 1 heterocycles. The van der Waals surface area contributed by atoms with Crippen LogP contribution in [0, 0.1) is 5.41 Å². The van der Waals surface area contributed by atoms with Gasteiger partial charge in [-0.25, -0.2) is 0 Å². The molecule has 1 fully saturated rings. The molecule has 25 heavy (non-hydrogen) atoms. The van der Waals surface area contributed by atoms with Crippen LogP contribution in [0.4, 0.5) is 0 Å². The van der Waals surface area contributed by atoms with Crippen LogP contribution in [0.5, 0.6) is 0 Å². The summed E-state index contributed by atoms with van der Waals surface area (Å²) in [5.41, 5.74) is 8.67. The fourth-order valence-corrected chi connectivity index (χ4v) is 3.33. The molecule has 0 unspecified atom stereocenters. The van der Waals surface area contributed by atoms with Gasteiger partial charge >= 0.3 is 0 Å². The number of aryl methyl sites for hydroxylation is 1. The van der Waals surface area contributed by atoms with E-state index in [1.807, 2.05) is 13.8 Å². The Bertz CT molecular complexity index is 805. The lowest BCUT2D eigenvalue weighted by molar-refractivity contribution is -0.125. The molecular formula is C22H28N2O. The van der Waals surface area contributed by atoms with Crippen molar-refractivity contribution in [2.75, 3.05) is 0 Å². The van der Waals surface area contributed by atoms with Gasteiger partial charge in [0.2, 0.25) is 5.91 Å². The van der Waals surface area contributed by atoms with Gasteiger partial charge in [-0.05, 0) is 54.7 Å². The summed E-state index contributed by atoms with van der Waals surface area (Å²) in [4.78, 5) is 11.9. The fourth-order valence-electron chi connectivity index (χ4n) is 3.33. The average Bonchev–Trinajstić information content (AvgIpc) is 2.85. The van der Waals surface area contributed by atoms with Crippen LogP contribution >= 0.6 is 0 Å². The summed E-state index contributed by atoms with van der Waals surface area (Å²) in [7, 11) is 0. The topological polar surface area (TPSA) is 41.1 Å². The molecule has 0 spiro atoms. The van der Waals surface area contributed by atoms with Gasteiger partial charge in [-0.3, -0.25) is 10.2 Å². The minimum atomic E-state index is -0.526. The zero-order chi connectivity index (χ0) is 17.9. The van der Waals surface area contributed by atoms with Gasteiger partial charge in [0.1, 0.15) is 0 Å². The van der Waals surface area contributed by atoms with Crippen LogP contribution < -0.4 is 10.9 Å². The van der Waals surface area contributed by atoms with Crippen LogP contribution in [0.3, 0.4) is 0 Å². The zero-order valence-corrected chi connectivity index (χ0v) is 15.5. The molecule has 0 saturated carbocycles. The van der Waals surface area contributed by atoms with E-state index in [-0.39, 0.29) is 5.91 Å². The van der Waals surface area contributed by atoms with E-state index in [1.54, 1.807) is 0 Å². The number of carbonyl (C=O) groups excluding carboxylic acids is 1. The van der Waals surface area contributed by atoms with Crippen LogP contribution in [0.1, 0.15) is 57.6 Å². The molecule has 0 aliphatic carbocycles. The van der Waals surface area contributed by atoms with Gasteiger partial charge in [0.05, 0.1) is 5.41 Å². The molecule has 0 aromatic heterocycles. The summed E-state index contributed by atoms with van der Waals surface area (Å²) in [6, 6.07) is 13.1. The number of hydrogen-bond donors (Lipinski definition) is 2. The van der Waals surface area contributed by atoms with Gasteiger partial charge in [0.25, 0.3) is 0 Å². The third-order valence-electron chi connectivity index (χ3n) is 5.15. The third kappa shape index (κ3) is 3.71. The van der Waals surface area contributed by atoms with Gasteiger partial charge < -0.3 is 5.43 Å². The van der Waals surface area contributed by atoms with Crippen molar-refractivity contribution >= 4 is 22.8 Å². The van der Waals surface area contributed by atoms with Crippen molar-refractivity contribution < 1.29 is 4.79 Å². The molecule has 2 N–H and O–H groups in total. The summed E-state index contributed by atoms with van der Waals surface area (Å²) in [5.74, 6) is 0.00773. The predicted molar refractivity (Wildman–Crippen MR) is 105 cm³/mol. The Balaban J connectivity index is 1.87. The summed E-state index contributed by atoms with van der Waals surface area (Å²) in [5, 5.41) is 2.49. The molecule has 1 aliphatic heterocycles. The van der Waals surface area contributed by atoms with Gasteiger partial charge in [-0.15, -0.1) is 0 Å². The van der Waals surface area contributed by atoms with E-state index in [0.717, 1.165) is 17.7 Å². The summed E-state index contributed by atoms with van der Waals surface area (Å²) >= 11 is 0. The highest BCUT2D eigenvalue weighted by Gasteiger charge is 2.37. The fraction of sp³-hybridized carbons (Fsp3) is 0.409. The first kappa shape index (κ1) is 17.5. The lowest BCUT2D eigenvalue weighted by Crippen LogP contribution is -2.28. The number of hydrazine groups is 1. The Morgan fingerprint density at radius 1 is 1.04 bits per heavy atom. The van der Waals surface area contributed by atoms with Crippen molar-refractivity contribution in [3.8, 4) is 0 Å². The smallest absolute Gasteiger partial charge is 0.249 e. The SMILES string of the molecule is CCCCCCc1ccc2c(/C=C3\NNC(=O)C3(C)C)cccc2c1. The standard InChI is InChI=1S/C22H28N2O/c1-4-5-6-7-9-16-12-13-19-17(14-16)10-8-11-18(19)15-20-22(2,3)21(25)24-23-20/h8,10-15,23H,4-7,9H2,1-3H3,(H,24,25)/b20-15-. The highest BCUT2D eigenvalue weighted by atomic mass is 16.2. The molecule has 3 nitrogen and oxygen atoms in total. The molecule has 0 bridgehead atoms. The average molecular weight is 336 g/mol. The van der Waals surface area contributed by atoms with Gasteiger partial charge in [0.15, 0.2) is 0 Å². The highest BCUT2D eigenvalue weighted by molar-refractivity contribution is 5.94. The van der Waals surface area contributed by atoms with Crippen LogP contribution in [-0.4, -0.2) is 5.91 Å². The Labute approximate surface area is 150 Å². The van der Waals surface area contributed by atoms with Gasteiger partial charge in [0, 0.05) is 5.70 Å². The molecule has 132 valence electrons. The zero-order valence-electron chi connectivity index (χ0n) is 15.5. The maximum Gasteiger partial charge on any atom is 0.249 e. The normalized spacial score (nSPS) is 17.7. The van der Waals surface area contributed by atoms with Crippen molar-refractivity contribution in [1.29, 1.82) is 0 Å². The maximum atomic E-state index is 11.9. The van der Waals surface area contributed by atoms with E-state index in [2.05, 4.69) is 60.2 Å². The first-order valence-corrected chi connectivity index (χ1v) is 9.32. The van der Waals surface area contributed by atoms with E-state index in [1.165, 1.54) is 42.0 Å². The van der Waals surface area contributed by atoms with E-state index in [0.29, 0.717) is 0 Å². The Morgan fingerprint density at radius 2 is 1.88 bits per heavy atom. The van der Waals surface area contributed by atoms with E-state index >= 15 is 0 Å². The van der Waals surface area contributed by atoms with E-state index in [9.17, 15) is 4.79 Å². The third-order valence-corrected chi connectivity index (χ3v) is 5.15. The minimum Gasteiger partial charge on any atom is -0.302 e. The van der Waals surface area contributed by atoms with Gasteiger partial charge in [-0.1, -0.05) is 62.6 Å². The number of carbonyl (C=O) groups is 1. The van der Waals surface area contributed by atoms with Crippen molar-refractivity contribution in [3.63, 3.8) is 0 Å². The number of nitrogens with one attached hydrogen (secondary N) is 2. The second-order valence-electron chi connectivity index (χ2n) is 7.48. The quantitative estimate of drug-likeness (QED) is 0.732. The second kappa shape index (κ2) is 7.30. The lowest BCUT2D eigenvalue weighted by atomic mass is 9.88. The molecule has 1 aliphatic rings. The maximum absolute atomic E-state index is 11.9. The summed E-state index contributed by atoms with van der Waals surface area (Å²) in [6.45, 7) is 6.12. The molecule has 2 aromatic rings. The molecule has 2 aromatic carbocycles. The number of unbranched alkanes of at least 4 members (excludes halogenated alkanes) is 3. The Hall–Kier alpha value is -2.29. The van der Waals surface area contributed by atoms with E-state index in [4.69, 9.17) is 0 Å². The summed E-state index contributed by atoms with van der Waals surface area (Å²) < 4.78 is 0. The molecular weight excluding hydrogens is 308 g/mol. The molecule has 3 heteroatoms. The number of hydrogen-bond acceptors (Lipinski definition) is 2. The van der Waals surface area contributed by atoms with E-state index < -0.39 is 5.41 Å². The number of amides is 1. The molecule has 0 radical (unpaired) electrons. The lowest BCUT2D eigenvalue weighted by Gasteiger charge is -2.15. The van der Waals surface area contributed by atoms with Crippen molar-refractivity contribution in [2.24, 2.45) is 5.41 Å². The molecule has 1 saturated heterocycles. The predicted octanol–water partition coefficient (Wildman–Crippen LogP) is 4.96. The van der Waals surface area contributed by atoms with Crippen LogP contribution in [0.15, 0.2) is 42.1 Å². The van der Waals surface area contributed by atoms with Gasteiger partial charge in [-0.2, -0.15) is 0 Å². The minimum absolute atomic E-state index is 0.00773. The first-order valence-electron chi connectivity index (χ1n) is 9.32. The highest BCUT2D eigenvalue weighted by Crippen LogP contribution is 2.31.